The molecule has 0 aromatic heterocycles. The number of halogens is 8. The monoisotopic (exact) mass is 423 g/mol. The second-order valence-electron chi connectivity index (χ2n) is 5.18. The highest BCUT2D eigenvalue weighted by Crippen LogP contribution is 2.55. The molecule has 0 aromatic carbocycles. The zero-order valence-electron chi connectivity index (χ0n) is 13.8. The van der Waals surface area contributed by atoms with E-state index in [4.69, 9.17) is 10.3 Å². The van der Waals surface area contributed by atoms with Gasteiger partial charge in [0.15, 0.2) is 0 Å². The van der Waals surface area contributed by atoms with Gasteiger partial charge in [-0.3, -0.25) is 4.55 Å². The molecule has 4 nitrogen and oxygen atoms in total. The molecular weight excluding hydrogens is 402 g/mol. The summed E-state index contributed by atoms with van der Waals surface area (Å²) in [6, 6.07) is 0. The van der Waals surface area contributed by atoms with Crippen molar-refractivity contribution in [1.29, 1.82) is 0 Å². The topological polar surface area (TPSA) is 80.4 Å². The average Bonchev–Trinajstić information content (AvgIpc) is 2.50. The zero-order chi connectivity index (χ0) is 21.4. The lowest BCUT2D eigenvalue weighted by molar-refractivity contribution is -0.349. The molecule has 0 rings (SSSR count). The van der Waals surface area contributed by atoms with Crippen LogP contribution in [0, 0.1) is 0 Å². The van der Waals surface area contributed by atoms with Gasteiger partial charge in [-0.05, 0) is 6.42 Å². The lowest BCUT2D eigenvalue weighted by Gasteiger charge is -2.35. The normalized spacial score (nSPS) is 13.8. The summed E-state index contributed by atoms with van der Waals surface area (Å²) in [6.45, 7) is 5.58. The molecule has 13 heteroatoms. The van der Waals surface area contributed by atoms with Gasteiger partial charge < -0.3 is 5.73 Å². The van der Waals surface area contributed by atoms with E-state index in [1.165, 1.54) is 0 Å². The molecular formula is C13H21F8NO3S. The third-order valence-electron chi connectivity index (χ3n) is 3.05. The van der Waals surface area contributed by atoms with E-state index in [1.807, 2.05) is 0 Å². The maximum Gasteiger partial charge on any atom is 0.438 e. The maximum atomic E-state index is 13.2. The lowest BCUT2D eigenvalue weighted by Crippen LogP contribution is -2.64. The Morgan fingerprint density at radius 2 is 1.38 bits per heavy atom. The maximum absolute atomic E-state index is 13.2. The van der Waals surface area contributed by atoms with Crippen LogP contribution in [0.3, 0.4) is 0 Å². The van der Waals surface area contributed by atoms with Gasteiger partial charge in [-0.25, -0.2) is 0 Å². The molecule has 0 aliphatic heterocycles. The largest absolute Gasteiger partial charge is 0.438 e. The lowest BCUT2D eigenvalue weighted by atomic mass is 9.98. The first-order valence-electron chi connectivity index (χ1n) is 7.27. The number of nitrogens with two attached hydrogens (primary N) is 1. The Bertz CT molecular complexity index is 538. The number of unbranched alkanes of at least 4 members (excludes halogenated alkanes) is 3. The van der Waals surface area contributed by atoms with E-state index in [9.17, 15) is 43.5 Å². The predicted molar refractivity (Wildman–Crippen MR) is 79.3 cm³/mol. The van der Waals surface area contributed by atoms with Crippen molar-refractivity contribution in [3.8, 4) is 0 Å². The van der Waals surface area contributed by atoms with Crippen LogP contribution in [0.25, 0.3) is 0 Å². The number of hydrogen-bond acceptors (Lipinski definition) is 3. The van der Waals surface area contributed by atoms with Gasteiger partial charge in [0.2, 0.25) is 0 Å². The summed E-state index contributed by atoms with van der Waals surface area (Å²) >= 11 is 0. The molecule has 0 heterocycles. The molecule has 0 radical (unpaired) electrons. The highest BCUT2D eigenvalue weighted by atomic mass is 32.2. The van der Waals surface area contributed by atoms with Crippen LogP contribution in [-0.2, 0) is 10.1 Å². The summed E-state index contributed by atoms with van der Waals surface area (Å²) < 4.78 is 132. The smallest absolute Gasteiger partial charge is 0.327 e. The van der Waals surface area contributed by atoms with Crippen molar-refractivity contribution >= 4 is 10.1 Å². The van der Waals surface area contributed by atoms with Crippen LogP contribution in [0.4, 0.5) is 35.1 Å². The van der Waals surface area contributed by atoms with Gasteiger partial charge in [0.1, 0.15) is 0 Å². The highest BCUT2D eigenvalue weighted by molar-refractivity contribution is 7.87. The Balaban J connectivity index is 0. The summed E-state index contributed by atoms with van der Waals surface area (Å²) in [6.07, 6.45) is -0.0122. The van der Waals surface area contributed by atoms with Crippen LogP contribution >= 0.6 is 0 Å². The minimum atomic E-state index is -7.03. The summed E-state index contributed by atoms with van der Waals surface area (Å²) in [4.78, 5) is 0. The molecule has 0 amide bonds. The van der Waals surface area contributed by atoms with Crippen LogP contribution in [0.2, 0.25) is 0 Å². The molecule has 0 atom stereocenters. The summed E-state index contributed by atoms with van der Waals surface area (Å²) in [7, 11) is -7.03. The van der Waals surface area contributed by atoms with E-state index in [2.05, 4.69) is 6.58 Å². The van der Waals surface area contributed by atoms with Crippen molar-refractivity contribution in [1.82, 2.24) is 0 Å². The van der Waals surface area contributed by atoms with Gasteiger partial charge >= 0.3 is 33.1 Å². The van der Waals surface area contributed by atoms with Gasteiger partial charge in [0, 0.05) is 13.0 Å². The number of hydrogen-bond donors (Lipinski definition) is 2. The third-order valence-corrected chi connectivity index (χ3v) is 3.96. The Morgan fingerprint density at radius 1 is 0.962 bits per heavy atom. The van der Waals surface area contributed by atoms with Crippen molar-refractivity contribution in [3.63, 3.8) is 0 Å². The minimum absolute atomic E-state index is 0.0254. The zero-order valence-corrected chi connectivity index (χ0v) is 14.6. The summed E-state index contributed by atoms with van der Waals surface area (Å²) in [5.74, 6) is -19.3. The van der Waals surface area contributed by atoms with E-state index in [0.717, 1.165) is 0 Å². The molecule has 0 fully saturated rings. The van der Waals surface area contributed by atoms with Gasteiger partial charge in [0.05, 0.1) is 0 Å². The second-order valence-corrected chi connectivity index (χ2v) is 6.64. The first kappa shape index (κ1) is 27.3. The van der Waals surface area contributed by atoms with E-state index in [1.54, 1.807) is 13.0 Å². The van der Waals surface area contributed by atoms with Crippen LogP contribution in [0.1, 0.15) is 39.0 Å². The molecule has 0 saturated heterocycles. The number of alkyl halides is 8. The standard InChI is InChI=1S/C10H14F8O3S.C3H7N/c1-2-3-4-5-6-7(11,12)8(13,14)9(15,16)10(17,18)22(19,20)21;1-2-3-4/h2-6H2,1H3,(H,19,20,21);2H,1,3-4H2. The number of rotatable bonds is 10. The first-order valence-corrected chi connectivity index (χ1v) is 8.71. The van der Waals surface area contributed by atoms with Crippen molar-refractivity contribution in [2.45, 2.75) is 62.0 Å². The molecule has 0 saturated carbocycles. The Morgan fingerprint density at radius 3 is 1.69 bits per heavy atom. The van der Waals surface area contributed by atoms with Gasteiger partial charge in [-0.1, -0.05) is 32.3 Å². The van der Waals surface area contributed by atoms with Gasteiger partial charge in [-0.15, -0.1) is 6.58 Å². The third kappa shape index (κ3) is 6.05. The summed E-state index contributed by atoms with van der Waals surface area (Å²) in [5.41, 5.74) is 4.91. The fourth-order valence-electron chi connectivity index (χ4n) is 1.51. The van der Waals surface area contributed by atoms with Crippen LogP contribution < -0.4 is 5.73 Å². The van der Waals surface area contributed by atoms with E-state index in [-0.39, 0.29) is 6.42 Å². The summed E-state index contributed by atoms with van der Waals surface area (Å²) in [5, 5.41) is -6.77. The van der Waals surface area contributed by atoms with E-state index >= 15 is 0 Å². The first-order chi connectivity index (χ1) is 11.5. The second kappa shape index (κ2) is 9.83. The van der Waals surface area contributed by atoms with Crippen LogP contribution in [0.15, 0.2) is 12.7 Å². The molecule has 0 unspecified atom stereocenters. The molecule has 0 bridgehead atoms. The SMILES string of the molecule is C=CCN.CCCCCCC(F)(F)C(F)(F)C(F)(F)C(F)(F)S(=O)(=O)O. The van der Waals surface area contributed by atoms with Gasteiger partial charge in [-0.2, -0.15) is 43.5 Å². The predicted octanol–water partition coefficient (Wildman–Crippen LogP) is 4.47. The van der Waals surface area contributed by atoms with Crippen molar-refractivity contribution in [2.24, 2.45) is 5.73 Å². The van der Waals surface area contributed by atoms with Crippen molar-refractivity contribution in [3.05, 3.63) is 12.7 Å². The molecule has 0 aliphatic rings. The van der Waals surface area contributed by atoms with Crippen molar-refractivity contribution < 1.29 is 48.1 Å². The fraction of sp³-hybridized carbons (Fsp3) is 0.846. The highest BCUT2D eigenvalue weighted by Gasteiger charge is 2.84. The molecule has 0 aliphatic carbocycles. The minimum Gasteiger partial charge on any atom is -0.327 e. The molecule has 3 N–H and O–H groups in total. The molecule has 158 valence electrons. The molecule has 0 spiro atoms. The van der Waals surface area contributed by atoms with E-state index in [0.29, 0.717) is 19.4 Å². The molecule has 0 aromatic rings. The molecule has 26 heavy (non-hydrogen) atoms. The average molecular weight is 423 g/mol. The fourth-order valence-corrected chi connectivity index (χ4v) is 1.96. The Hall–Kier alpha value is -0.950. The van der Waals surface area contributed by atoms with Crippen LogP contribution in [0.5, 0.6) is 0 Å². The Kier molecular flexibility index (Phi) is 10.3. The Labute approximate surface area is 146 Å². The van der Waals surface area contributed by atoms with Gasteiger partial charge in [0.25, 0.3) is 0 Å². The van der Waals surface area contributed by atoms with E-state index < -0.39 is 46.0 Å². The quantitative estimate of drug-likeness (QED) is 0.235. The van der Waals surface area contributed by atoms with Crippen LogP contribution in [-0.4, -0.2) is 42.5 Å². The van der Waals surface area contributed by atoms with Crippen molar-refractivity contribution in [2.75, 3.05) is 6.54 Å².